The Morgan fingerprint density at radius 3 is 1.50 bits per heavy atom. The van der Waals surface area contributed by atoms with Gasteiger partial charge < -0.3 is 0 Å². The average molecular weight is 138 g/mol. The Morgan fingerprint density at radius 1 is 1.20 bits per heavy atom. The molecule has 1 aliphatic rings. The predicted octanol–water partition coefficient (Wildman–Crippen LogP) is 3.24. The molecule has 1 rings (SSSR count). The fourth-order valence-corrected chi connectivity index (χ4v) is 2.05. The maximum absolute atomic E-state index is 4.09. The first-order chi connectivity index (χ1) is 4.35. The van der Waals surface area contributed by atoms with Gasteiger partial charge in [-0.15, -0.1) is 0 Å². The van der Waals surface area contributed by atoms with Gasteiger partial charge in [0.1, 0.15) is 0 Å². The van der Waals surface area contributed by atoms with E-state index in [1.54, 1.807) is 0 Å². The molecule has 0 spiro atoms. The minimum Gasteiger partial charge on any atom is -0.0987 e. The van der Waals surface area contributed by atoms with Crippen LogP contribution < -0.4 is 0 Å². The van der Waals surface area contributed by atoms with Gasteiger partial charge in [0, 0.05) is 0 Å². The maximum atomic E-state index is 4.09. The molecule has 0 N–H and O–H groups in total. The fourth-order valence-electron chi connectivity index (χ4n) is 2.05. The first kappa shape index (κ1) is 7.84. The largest absolute Gasteiger partial charge is 0.0987 e. The minimum absolute atomic E-state index is 0.390. The molecule has 1 saturated carbocycles. The van der Waals surface area contributed by atoms with E-state index in [0.717, 1.165) is 5.92 Å². The highest BCUT2D eigenvalue weighted by molar-refractivity contribution is 5.41. The fraction of sp³-hybridized carbons (Fsp3) is 0.800. The average Bonchev–Trinajstić information content (AvgIpc) is 2.16. The highest BCUT2D eigenvalue weighted by Crippen LogP contribution is 2.70. The Hall–Kier alpha value is -0.260. The zero-order chi connectivity index (χ0) is 8.15. The summed E-state index contributed by atoms with van der Waals surface area (Å²) in [5.74, 6) is 0.731. The van der Waals surface area contributed by atoms with Crippen LogP contribution in [-0.2, 0) is 0 Å². The van der Waals surface area contributed by atoms with Gasteiger partial charge in [0.15, 0.2) is 0 Å². The summed E-state index contributed by atoms with van der Waals surface area (Å²) < 4.78 is 0. The molecule has 0 aromatic rings. The standard InChI is InChI=1S/C10H18/c1-7(2)10(6)8(3)9(10,4)5/h7H,3H2,1-2,4-6H3. The lowest BCUT2D eigenvalue weighted by molar-refractivity contribution is 0.312. The molecule has 1 unspecified atom stereocenters. The van der Waals surface area contributed by atoms with Crippen LogP contribution in [0, 0.1) is 16.7 Å². The molecule has 0 saturated heterocycles. The van der Waals surface area contributed by atoms with E-state index >= 15 is 0 Å². The Bertz CT molecular complexity index is 174. The van der Waals surface area contributed by atoms with Gasteiger partial charge in [-0.05, 0) is 16.7 Å². The second-order valence-electron chi connectivity index (χ2n) is 4.46. The van der Waals surface area contributed by atoms with Crippen molar-refractivity contribution in [1.82, 2.24) is 0 Å². The van der Waals surface area contributed by atoms with Crippen LogP contribution in [0.4, 0.5) is 0 Å². The monoisotopic (exact) mass is 138 g/mol. The van der Waals surface area contributed by atoms with E-state index in [4.69, 9.17) is 0 Å². The molecule has 0 nitrogen and oxygen atoms in total. The molecule has 0 radical (unpaired) electrons. The Balaban J connectivity index is 2.88. The van der Waals surface area contributed by atoms with Gasteiger partial charge in [-0.3, -0.25) is 0 Å². The summed E-state index contributed by atoms with van der Waals surface area (Å²) in [6, 6.07) is 0. The minimum atomic E-state index is 0.390. The van der Waals surface area contributed by atoms with Crippen molar-refractivity contribution in [2.75, 3.05) is 0 Å². The van der Waals surface area contributed by atoms with Crippen LogP contribution >= 0.6 is 0 Å². The molecule has 1 atom stereocenters. The van der Waals surface area contributed by atoms with Crippen LogP contribution in [0.3, 0.4) is 0 Å². The summed E-state index contributed by atoms with van der Waals surface area (Å²) in [5.41, 5.74) is 2.23. The van der Waals surface area contributed by atoms with Crippen LogP contribution in [0.15, 0.2) is 12.2 Å². The quantitative estimate of drug-likeness (QED) is 0.488. The lowest BCUT2D eigenvalue weighted by Gasteiger charge is -2.17. The van der Waals surface area contributed by atoms with E-state index in [2.05, 4.69) is 41.2 Å². The molecule has 0 bridgehead atoms. The molecule has 1 aliphatic carbocycles. The molecular weight excluding hydrogens is 120 g/mol. The van der Waals surface area contributed by atoms with Gasteiger partial charge in [-0.2, -0.15) is 0 Å². The van der Waals surface area contributed by atoms with Crippen molar-refractivity contribution in [3.8, 4) is 0 Å². The van der Waals surface area contributed by atoms with Crippen LogP contribution in [0.25, 0.3) is 0 Å². The van der Waals surface area contributed by atoms with Crippen molar-refractivity contribution >= 4 is 0 Å². The van der Waals surface area contributed by atoms with Crippen molar-refractivity contribution in [3.63, 3.8) is 0 Å². The lowest BCUT2D eigenvalue weighted by Crippen LogP contribution is -2.11. The molecule has 0 aliphatic heterocycles. The Labute approximate surface area is 64.3 Å². The molecule has 0 aromatic carbocycles. The molecular formula is C10H18. The number of allylic oxidation sites excluding steroid dienone is 1. The van der Waals surface area contributed by atoms with Gasteiger partial charge in [0.2, 0.25) is 0 Å². The zero-order valence-electron chi connectivity index (χ0n) is 7.78. The maximum Gasteiger partial charge on any atom is -0.000206 e. The van der Waals surface area contributed by atoms with Crippen LogP contribution in [-0.4, -0.2) is 0 Å². The SMILES string of the molecule is C=C1C(C)(C)C1(C)C(C)C. The normalized spacial score (nSPS) is 36.8. The third-order valence-corrected chi connectivity index (χ3v) is 3.77. The van der Waals surface area contributed by atoms with Gasteiger partial charge in [0.25, 0.3) is 0 Å². The van der Waals surface area contributed by atoms with Gasteiger partial charge in [0.05, 0.1) is 0 Å². The van der Waals surface area contributed by atoms with E-state index in [1.807, 2.05) is 0 Å². The van der Waals surface area contributed by atoms with Crippen molar-refractivity contribution < 1.29 is 0 Å². The highest BCUT2D eigenvalue weighted by atomic mass is 14.7. The Morgan fingerprint density at radius 2 is 1.50 bits per heavy atom. The van der Waals surface area contributed by atoms with Crippen molar-refractivity contribution in [3.05, 3.63) is 12.2 Å². The van der Waals surface area contributed by atoms with Crippen molar-refractivity contribution in [2.24, 2.45) is 16.7 Å². The smallest absolute Gasteiger partial charge is 0.000206 e. The van der Waals surface area contributed by atoms with E-state index in [-0.39, 0.29) is 0 Å². The second kappa shape index (κ2) is 1.66. The number of hydrogen-bond acceptors (Lipinski definition) is 0. The van der Waals surface area contributed by atoms with Gasteiger partial charge in [-0.25, -0.2) is 0 Å². The number of rotatable bonds is 1. The van der Waals surface area contributed by atoms with Crippen LogP contribution in [0.5, 0.6) is 0 Å². The summed E-state index contributed by atoms with van der Waals surface area (Å²) in [6.45, 7) is 15.5. The number of hydrogen-bond donors (Lipinski definition) is 0. The van der Waals surface area contributed by atoms with Gasteiger partial charge in [-0.1, -0.05) is 46.8 Å². The van der Waals surface area contributed by atoms with E-state index in [9.17, 15) is 0 Å². The van der Waals surface area contributed by atoms with E-state index in [1.165, 1.54) is 5.57 Å². The molecule has 0 amide bonds. The predicted molar refractivity (Wildman–Crippen MR) is 45.9 cm³/mol. The summed E-state index contributed by atoms with van der Waals surface area (Å²) in [6.07, 6.45) is 0. The zero-order valence-corrected chi connectivity index (χ0v) is 7.78. The van der Waals surface area contributed by atoms with Crippen LogP contribution in [0.1, 0.15) is 34.6 Å². The molecule has 10 heavy (non-hydrogen) atoms. The molecule has 1 fully saturated rings. The molecule has 0 heterocycles. The summed E-state index contributed by atoms with van der Waals surface area (Å²) in [4.78, 5) is 0. The summed E-state index contributed by atoms with van der Waals surface area (Å²) in [7, 11) is 0. The van der Waals surface area contributed by atoms with Crippen molar-refractivity contribution in [2.45, 2.75) is 34.6 Å². The molecule has 0 aromatic heterocycles. The van der Waals surface area contributed by atoms with Crippen LogP contribution in [0.2, 0.25) is 0 Å². The van der Waals surface area contributed by atoms with E-state index in [0.29, 0.717) is 10.8 Å². The topological polar surface area (TPSA) is 0 Å². The first-order valence-electron chi connectivity index (χ1n) is 4.05. The first-order valence-corrected chi connectivity index (χ1v) is 4.05. The second-order valence-corrected chi connectivity index (χ2v) is 4.46. The molecule has 58 valence electrons. The molecule has 0 heteroatoms. The lowest BCUT2D eigenvalue weighted by atomic mass is 9.87. The Kier molecular flexibility index (Phi) is 1.30. The summed E-state index contributed by atoms with van der Waals surface area (Å²) >= 11 is 0. The van der Waals surface area contributed by atoms with E-state index < -0.39 is 0 Å². The van der Waals surface area contributed by atoms with Crippen molar-refractivity contribution in [1.29, 1.82) is 0 Å². The highest BCUT2D eigenvalue weighted by Gasteiger charge is 2.62. The summed E-state index contributed by atoms with van der Waals surface area (Å²) in [5, 5.41) is 0. The third kappa shape index (κ3) is 0.574. The van der Waals surface area contributed by atoms with Gasteiger partial charge >= 0.3 is 0 Å². The third-order valence-electron chi connectivity index (χ3n) is 3.77.